The van der Waals surface area contributed by atoms with Gasteiger partial charge in [0.15, 0.2) is 0 Å². The molecule has 4 amide bonds. The van der Waals surface area contributed by atoms with Crippen LogP contribution in [0.1, 0.15) is 30.9 Å². The molecule has 29 heavy (non-hydrogen) atoms. The highest BCUT2D eigenvalue weighted by molar-refractivity contribution is 6.09. The smallest absolute Gasteiger partial charge is 0.325 e. The first kappa shape index (κ1) is 19.8. The summed E-state index contributed by atoms with van der Waals surface area (Å²) >= 11 is 0. The van der Waals surface area contributed by atoms with Crippen molar-refractivity contribution < 1.29 is 19.1 Å². The summed E-state index contributed by atoms with van der Waals surface area (Å²) in [4.78, 5) is 40.4. The first-order chi connectivity index (χ1) is 14.0. The summed E-state index contributed by atoms with van der Waals surface area (Å²) in [7, 11) is 0. The van der Waals surface area contributed by atoms with Crippen LogP contribution in [-0.2, 0) is 27.4 Å². The van der Waals surface area contributed by atoms with Crippen LogP contribution in [0.5, 0.6) is 0 Å². The van der Waals surface area contributed by atoms with Gasteiger partial charge < -0.3 is 15.4 Å². The van der Waals surface area contributed by atoms with E-state index in [1.807, 2.05) is 12.1 Å². The molecule has 0 radical (unpaired) electrons. The molecule has 2 heterocycles. The van der Waals surface area contributed by atoms with Crippen molar-refractivity contribution in [1.82, 2.24) is 20.4 Å². The number of carbonyl (C=O) groups is 3. The number of morpholine rings is 1. The fourth-order valence-electron chi connectivity index (χ4n) is 3.98. The molecule has 3 fully saturated rings. The number of hydrogen-bond donors (Lipinski definition) is 2. The van der Waals surface area contributed by atoms with E-state index < -0.39 is 11.6 Å². The molecule has 8 heteroatoms. The van der Waals surface area contributed by atoms with Gasteiger partial charge in [0.25, 0.3) is 5.91 Å². The van der Waals surface area contributed by atoms with Gasteiger partial charge in [-0.2, -0.15) is 0 Å². The standard InChI is InChI=1S/C21H28N4O4/c1-21(17-6-7-17)19(27)25(20(28)23-21)14-18(26)22-12-15-2-4-16(5-3-15)13-24-8-10-29-11-9-24/h2-5,17H,6-14H2,1H3,(H,22,26)(H,23,28). The molecule has 1 aromatic carbocycles. The monoisotopic (exact) mass is 400 g/mol. The summed E-state index contributed by atoms with van der Waals surface area (Å²) < 4.78 is 5.37. The van der Waals surface area contributed by atoms with Gasteiger partial charge in [-0.05, 0) is 36.8 Å². The van der Waals surface area contributed by atoms with Gasteiger partial charge in [0.1, 0.15) is 12.1 Å². The maximum absolute atomic E-state index is 12.6. The van der Waals surface area contributed by atoms with E-state index in [0.717, 1.165) is 56.2 Å². The maximum atomic E-state index is 12.6. The van der Waals surface area contributed by atoms with Crippen LogP contribution in [0, 0.1) is 5.92 Å². The molecule has 156 valence electrons. The summed E-state index contributed by atoms with van der Waals surface area (Å²) in [6.07, 6.45) is 1.87. The maximum Gasteiger partial charge on any atom is 0.325 e. The summed E-state index contributed by atoms with van der Waals surface area (Å²) in [6.45, 7) is 6.20. The van der Waals surface area contributed by atoms with Crippen molar-refractivity contribution in [2.24, 2.45) is 5.92 Å². The van der Waals surface area contributed by atoms with E-state index in [4.69, 9.17) is 4.74 Å². The van der Waals surface area contributed by atoms with Crippen LogP contribution < -0.4 is 10.6 Å². The first-order valence-electron chi connectivity index (χ1n) is 10.2. The lowest BCUT2D eigenvalue weighted by atomic mass is 9.96. The van der Waals surface area contributed by atoms with Crippen LogP contribution in [0.4, 0.5) is 4.79 Å². The summed E-state index contributed by atoms with van der Waals surface area (Å²) in [5, 5.41) is 5.56. The van der Waals surface area contributed by atoms with Crippen LogP contribution in [-0.4, -0.2) is 66.0 Å². The second-order valence-electron chi connectivity index (χ2n) is 8.28. The minimum atomic E-state index is -0.853. The molecule has 3 aliphatic rings. The quantitative estimate of drug-likeness (QED) is 0.663. The Labute approximate surface area is 170 Å². The fraction of sp³-hybridized carbons (Fsp3) is 0.571. The molecular formula is C21H28N4O4. The molecular weight excluding hydrogens is 372 g/mol. The number of rotatable bonds is 7. The number of nitrogens with one attached hydrogen (secondary N) is 2. The molecule has 4 rings (SSSR count). The van der Waals surface area contributed by atoms with E-state index in [0.29, 0.717) is 6.54 Å². The number of ether oxygens (including phenoxy) is 1. The molecule has 0 aromatic heterocycles. The Kier molecular flexibility index (Phi) is 5.56. The number of amides is 4. The van der Waals surface area contributed by atoms with Gasteiger partial charge in [0, 0.05) is 26.2 Å². The van der Waals surface area contributed by atoms with E-state index in [9.17, 15) is 14.4 Å². The molecule has 1 aromatic rings. The van der Waals surface area contributed by atoms with E-state index in [-0.39, 0.29) is 24.3 Å². The summed E-state index contributed by atoms with van der Waals surface area (Å²) in [5.41, 5.74) is 1.35. The van der Waals surface area contributed by atoms with E-state index >= 15 is 0 Å². The van der Waals surface area contributed by atoms with Crippen LogP contribution in [0.3, 0.4) is 0 Å². The molecule has 2 N–H and O–H groups in total. The van der Waals surface area contributed by atoms with Gasteiger partial charge in [-0.3, -0.25) is 19.4 Å². The van der Waals surface area contributed by atoms with Crippen LogP contribution >= 0.6 is 0 Å². The highest BCUT2D eigenvalue weighted by Gasteiger charge is 2.56. The third-order valence-corrected chi connectivity index (χ3v) is 6.02. The minimum absolute atomic E-state index is 0.183. The third-order valence-electron chi connectivity index (χ3n) is 6.02. The lowest BCUT2D eigenvalue weighted by molar-refractivity contribution is -0.135. The average Bonchev–Trinajstić information content (AvgIpc) is 3.54. The SMILES string of the molecule is CC1(C2CC2)NC(=O)N(CC(=O)NCc2ccc(CN3CCOCC3)cc2)C1=O. The van der Waals surface area contributed by atoms with Crippen LogP contribution in [0.15, 0.2) is 24.3 Å². The predicted molar refractivity (Wildman–Crippen MR) is 106 cm³/mol. The highest BCUT2D eigenvalue weighted by Crippen LogP contribution is 2.42. The number of imide groups is 1. The predicted octanol–water partition coefficient (Wildman–Crippen LogP) is 0.856. The molecule has 1 saturated carbocycles. The number of carbonyl (C=O) groups excluding carboxylic acids is 3. The second kappa shape index (κ2) is 8.12. The molecule has 1 aliphatic carbocycles. The Morgan fingerprint density at radius 2 is 1.83 bits per heavy atom. The van der Waals surface area contributed by atoms with E-state index in [1.165, 1.54) is 5.56 Å². The van der Waals surface area contributed by atoms with Crippen LogP contribution in [0.25, 0.3) is 0 Å². The fourth-order valence-corrected chi connectivity index (χ4v) is 3.98. The molecule has 1 atom stereocenters. The van der Waals surface area contributed by atoms with Gasteiger partial charge in [-0.25, -0.2) is 4.79 Å². The molecule has 0 bridgehead atoms. The van der Waals surface area contributed by atoms with Gasteiger partial charge in [-0.1, -0.05) is 24.3 Å². The van der Waals surface area contributed by atoms with E-state index in [1.54, 1.807) is 6.92 Å². The number of urea groups is 1. The van der Waals surface area contributed by atoms with Crippen molar-refractivity contribution >= 4 is 17.8 Å². The van der Waals surface area contributed by atoms with Crippen molar-refractivity contribution in [1.29, 1.82) is 0 Å². The van der Waals surface area contributed by atoms with Crippen molar-refractivity contribution in [3.05, 3.63) is 35.4 Å². The summed E-state index contributed by atoms with van der Waals surface area (Å²) in [5.74, 6) is -0.457. The first-order valence-corrected chi connectivity index (χ1v) is 10.2. The topological polar surface area (TPSA) is 91.0 Å². The molecule has 0 spiro atoms. The van der Waals surface area contributed by atoms with Crippen molar-refractivity contribution in [2.75, 3.05) is 32.8 Å². The van der Waals surface area contributed by atoms with Crippen molar-refractivity contribution in [3.8, 4) is 0 Å². The van der Waals surface area contributed by atoms with Crippen molar-refractivity contribution in [2.45, 2.75) is 38.4 Å². The average molecular weight is 400 g/mol. The van der Waals surface area contributed by atoms with Gasteiger partial charge >= 0.3 is 6.03 Å². The number of hydrogen-bond acceptors (Lipinski definition) is 5. The highest BCUT2D eigenvalue weighted by atomic mass is 16.5. The molecule has 2 aliphatic heterocycles. The van der Waals surface area contributed by atoms with Crippen LogP contribution in [0.2, 0.25) is 0 Å². The Morgan fingerprint density at radius 1 is 1.17 bits per heavy atom. The van der Waals surface area contributed by atoms with Crippen molar-refractivity contribution in [3.63, 3.8) is 0 Å². The van der Waals surface area contributed by atoms with Gasteiger partial charge in [-0.15, -0.1) is 0 Å². The molecule has 2 saturated heterocycles. The lowest BCUT2D eigenvalue weighted by Gasteiger charge is -2.26. The zero-order valence-electron chi connectivity index (χ0n) is 16.8. The number of benzene rings is 1. The zero-order valence-corrected chi connectivity index (χ0v) is 16.8. The molecule has 1 unspecified atom stereocenters. The molecule has 8 nitrogen and oxygen atoms in total. The zero-order chi connectivity index (χ0) is 20.4. The van der Waals surface area contributed by atoms with E-state index in [2.05, 4.69) is 27.7 Å². The normalized spacial score (nSPS) is 25.2. The Balaban J connectivity index is 1.25. The largest absolute Gasteiger partial charge is 0.379 e. The summed E-state index contributed by atoms with van der Waals surface area (Å²) in [6, 6.07) is 7.64. The Bertz CT molecular complexity index is 786. The Hall–Kier alpha value is -2.45. The minimum Gasteiger partial charge on any atom is -0.379 e. The Morgan fingerprint density at radius 3 is 2.48 bits per heavy atom. The van der Waals surface area contributed by atoms with Gasteiger partial charge in [0.05, 0.1) is 13.2 Å². The van der Waals surface area contributed by atoms with Gasteiger partial charge in [0.2, 0.25) is 5.91 Å². The second-order valence-corrected chi connectivity index (χ2v) is 8.28. The third kappa shape index (κ3) is 4.43. The lowest BCUT2D eigenvalue weighted by Crippen LogP contribution is -2.46. The number of nitrogens with zero attached hydrogens (tertiary/aromatic N) is 2.